The van der Waals surface area contributed by atoms with Gasteiger partial charge in [-0.25, -0.2) is 0 Å². The van der Waals surface area contributed by atoms with E-state index in [9.17, 15) is 9.59 Å². The zero-order valence-electron chi connectivity index (χ0n) is 13.1. The smallest absolute Gasteiger partial charge is 0.242 e. The van der Waals surface area contributed by atoms with Gasteiger partial charge in [-0.05, 0) is 37.0 Å². The van der Waals surface area contributed by atoms with Crippen LogP contribution in [0.1, 0.15) is 31.2 Å². The Balaban J connectivity index is 1.46. The highest BCUT2D eigenvalue weighted by Crippen LogP contribution is 2.16. The highest BCUT2D eigenvalue weighted by atomic mass is 35.5. The molecule has 3 rings (SSSR count). The molecule has 2 saturated heterocycles. The number of likely N-dealkylation sites (tertiary alicyclic amines) is 1. The summed E-state index contributed by atoms with van der Waals surface area (Å²) in [6, 6.07) is 7.67. The third-order valence-electron chi connectivity index (χ3n) is 4.49. The van der Waals surface area contributed by atoms with Crippen molar-refractivity contribution < 1.29 is 9.59 Å². The molecule has 2 fully saturated rings. The van der Waals surface area contributed by atoms with Crippen molar-refractivity contribution in [1.82, 2.24) is 15.5 Å². The molecule has 2 heterocycles. The normalized spacial score (nSPS) is 25.2. The van der Waals surface area contributed by atoms with E-state index in [2.05, 4.69) is 15.5 Å². The molecule has 0 aromatic heterocycles. The number of carbonyl (C=O) groups excluding carboxylic acids is 2. The molecule has 1 aromatic carbocycles. The van der Waals surface area contributed by atoms with Crippen LogP contribution in [0.25, 0.3) is 0 Å². The standard InChI is InChI=1S/C17H22ClN3O2/c18-13-6-4-12(5-7-13)10-21-9-8-14(11-21)19-17(23)15-2-1-3-16(22)20-15/h4-7,14-15H,1-3,8-11H2,(H,19,23)(H,20,22)/t14-,15+/m0/s1. The van der Waals surface area contributed by atoms with E-state index < -0.39 is 0 Å². The number of rotatable bonds is 4. The molecule has 0 radical (unpaired) electrons. The van der Waals surface area contributed by atoms with Crippen molar-refractivity contribution in [2.45, 2.75) is 44.3 Å². The fourth-order valence-electron chi connectivity index (χ4n) is 3.25. The Hall–Kier alpha value is -1.59. The maximum absolute atomic E-state index is 12.2. The lowest BCUT2D eigenvalue weighted by molar-refractivity contribution is -0.131. The van der Waals surface area contributed by atoms with Crippen molar-refractivity contribution in [1.29, 1.82) is 0 Å². The number of hydrogen-bond acceptors (Lipinski definition) is 3. The SMILES string of the molecule is O=C1CCC[C@H](C(=O)N[C@H]2CCN(Cc3ccc(Cl)cc3)C2)N1. The van der Waals surface area contributed by atoms with Crippen molar-refractivity contribution in [3.05, 3.63) is 34.9 Å². The van der Waals surface area contributed by atoms with Crippen LogP contribution in [0.3, 0.4) is 0 Å². The first-order chi connectivity index (χ1) is 11.1. The summed E-state index contributed by atoms with van der Waals surface area (Å²) in [6.07, 6.45) is 3.00. The second-order valence-electron chi connectivity index (χ2n) is 6.37. The minimum absolute atomic E-state index is 0.0211. The third kappa shape index (κ3) is 4.45. The summed E-state index contributed by atoms with van der Waals surface area (Å²) in [4.78, 5) is 26.0. The van der Waals surface area contributed by atoms with Gasteiger partial charge in [0.25, 0.3) is 0 Å². The first-order valence-electron chi connectivity index (χ1n) is 8.17. The van der Waals surface area contributed by atoms with Gasteiger partial charge in [0.15, 0.2) is 0 Å². The molecule has 23 heavy (non-hydrogen) atoms. The first-order valence-corrected chi connectivity index (χ1v) is 8.54. The number of piperidine rings is 1. The lowest BCUT2D eigenvalue weighted by atomic mass is 10.0. The molecule has 0 aliphatic carbocycles. The second-order valence-corrected chi connectivity index (χ2v) is 6.80. The summed E-state index contributed by atoms with van der Waals surface area (Å²) in [5, 5.41) is 6.59. The maximum Gasteiger partial charge on any atom is 0.242 e. The predicted octanol–water partition coefficient (Wildman–Crippen LogP) is 1.70. The molecule has 2 amide bonds. The van der Waals surface area contributed by atoms with E-state index in [0.717, 1.165) is 43.9 Å². The molecule has 6 heteroatoms. The van der Waals surface area contributed by atoms with Crippen LogP contribution in [0.2, 0.25) is 5.02 Å². The summed E-state index contributed by atoms with van der Waals surface area (Å²) >= 11 is 5.90. The average Bonchev–Trinajstić information content (AvgIpc) is 2.96. The zero-order chi connectivity index (χ0) is 16.2. The van der Waals surface area contributed by atoms with Gasteiger partial charge in [-0.1, -0.05) is 23.7 Å². The Kier molecular flexibility index (Phi) is 5.18. The van der Waals surface area contributed by atoms with Crippen LogP contribution in [0.4, 0.5) is 0 Å². The number of halogens is 1. The third-order valence-corrected chi connectivity index (χ3v) is 4.74. The van der Waals surface area contributed by atoms with Crippen molar-refractivity contribution in [2.24, 2.45) is 0 Å². The van der Waals surface area contributed by atoms with E-state index in [1.54, 1.807) is 0 Å². The lowest BCUT2D eigenvalue weighted by Gasteiger charge is -2.24. The van der Waals surface area contributed by atoms with E-state index in [-0.39, 0.29) is 23.9 Å². The molecule has 124 valence electrons. The van der Waals surface area contributed by atoms with Gasteiger partial charge in [-0.2, -0.15) is 0 Å². The minimum Gasteiger partial charge on any atom is -0.350 e. The van der Waals surface area contributed by atoms with Gasteiger partial charge in [0.05, 0.1) is 0 Å². The molecule has 0 bridgehead atoms. The van der Waals surface area contributed by atoms with Crippen molar-refractivity contribution >= 4 is 23.4 Å². The lowest BCUT2D eigenvalue weighted by Crippen LogP contribution is -2.51. The molecule has 1 aromatic rings. The van der Waals surface area contributed by atoms with E-state index in [1.165, 1.54) is 5.56 Å². The van der Waals surface area contributed by atoms with E-state index in [0.29, 0.717) is 6.42 Å². The van der Waals surface area contributed by atoms with Crippen LogP contribution in [0.15, 0.2) is 24.3 Å². The number of nitrogens with one attached hydrogen (secondary N) is 2. The van der Waals surface area contributed by atoms with Crippen LogP contribution < -0.4 is 10.6 Å². The molecule has 0 spiro atoms. The zero-order valence-corrected chi connectivity index (χ0v) is 13.8. The Morgan fingerprint density at radius 2 is 2.09 bits per heavy atom. The van der Waals surface area contributed by atoms with Crippen molar-refractivity contribution in [3.8, 4) is 0 Å². The number of nitrogens with zero attached hydrogens (tertiary/aromatic N) is 1. The molecular formula is C17H22ClN3O2. The van der Waals surface area contributed by atoms with Crippen LogP contribution in [0.5, 0.6) is 0 Å². The van der Waals surface area contributed by atoms with Gasteiger partial charge in [-0.15, -0.1) is 0 Å². The predicted molar refractivity (Wildman–Crippen MR) is 89.1 cm³/mol. The van der Waals surface area contributed by atoms with E-state index in [1.807, 2.05) is 24.3 Å². The second kappa shape index (κ2) is 7.32. The highest BCUT2D eigenvalue weighted by molar-refractivity contribution is 6.30. The Bertz CT molecular complexity index is 576. The number of amides is 2. The van der Waals surface area contributed by atoms with Gasteiger partial charge in [0, 0.05) is 37.1 Å². The summed E-state index contributed by atoms with van der Waals surface area (Å²) < 4.78 is 0. The van der Waals surface area contributed by atoms with E-state index in [4.69, 9.17) is 11.6 Å². The largest absolute Gasteiger partial charge is 0.350 e. The summed E-state index contributed by atoms with van der Waals surface area (Å²) in [6.45, 7) is 2.67. The Morgan fingerprint density at radius 3 is 2.83 bits per heavy atom. The summed E-state index contributed by atoms with van der Waals surface area (Å²) in [5.74, 6) is -0.0661. The fourth-order valence-corrected chi connectivity index (χ4v) is 3.37. The van der Waals surface area contributed by atoms with Gasteiger partial charge in [0.1, 0.15) is 6.04 Å². The highest BCUT2D eigenvalue weighted by Gasteiger charge is 2.29. The topological polar surface area (TPSA) is 61.4 Å². The molecule has 0 saturated carbocycles. The molecule has 2 N–H and O–H groups in total. The molecule has 0 unspecified atom stereocenters. The van der Waals surface area contributed by atoms with Gasteiger partial charge in [0.2, 0.25) is 11.8 Å². The van der Waals surface area contributed by atoms with Gasteiger partial charge < -0.3 is 10.6 Å². The Labute approximate surface area is 141 Å². The molecular weight excluding hydrogens is 314 g/mol. The van der Waals surface area contributed by atoms with Crippen LogP contribution in [-0.2, 0) is 16.1 Å². The monoisotopic (exact) mass is 335 g/mol. The molecule has 5 nitrogen and oxygen atoms in total. The average molecular weight is 336 g/mol. The molecule has 2 aliphatic rings. The van der Waals surface area contributed by atoms with Crippen molar-refractivity contribution in [3.63, 3.8) is 0 Å². The van der Waals surface area contributed by atoms with Crippen LogP contribution >= 0.6 is 11.6 Å². The molecule has 2 atom stereocenters. The van der Waals surface area contributed by atoms with Crippen LogP contribution in [0, 0.1) is 0 Å². The number of benzene rings is 1. The molecule has 2 aliphatic heterocycles. The summed E-state index contributed by atoms with van der Waals surface area (Å²) in [5.41, 5.74) is 1.22. The Morgan fingerprint density at radius 1 is 1.30 bits per heavy atom. The number of hydrogen-bond donors (Lipinski definition) is 2. The summed E-state index contributed by atoms with van der Waals surface area (Å²) in [7, 11) is 0. The van der Waals surface area contributed by atoms with Crippen molar-refractivity contribution in [2.75, 3.05) is 13.1 Å². The fraction of sp³-hybridized carbons (Fsp3) is 0.529. The van der Waals surface area contributed by atoms with Gasteiger partial charge >= 0.3 is 0 Å². The van der Waals surface area contributed by atoms with E-state index >= 15 is 0 Å². The maximum atomic E-state index is 12.2. The minimum atomic E-state index is -0.360. The van der Waals surface area contributed by atoms with Gasteiger partial charge in [-0.3, -0.25) is 14.5 Å². The first kappa shape index (κ1) is 16.3. The van der Waals surface area contributed by atoms with Crippen LogP contribution in [-0.4, -0.2) is 41.9 Å². The quantitative estimate of drug-likeness (QED) is 0.880. The number of carbonyl (C=O) groups is 2.